The van der Waals surface area contributed by atoms with Crippen LogP contribution in [0.4, 0.5) is 0 Å². The molecule has 1 unspecified atom stereocenters. The summed E-state index contributed by atoms with van der Waals surface area (Å²) in [6.45, 7) is 1.41. The number of nitrogens with two attached hydrogens (primary N) is 1. The molecule has 5 nitrogen and oxygen atoms in total. The second-order valence-corrected chi connectivity index (χ2v) is 3.12. The van der Waals surface area contributed by atoms with E-state index >= 15 is 0 Å². The minimum absolute atomic E-state index is 0.407. The Hall–Kier alpha value is -1.62. The summed E-state index contributed by atoms with van der Waals surface area (Å²) in [6, 6.07) is 1.56. The first-order valence-electron chi connectivity index (χ1n) is 4.00. The average Bonchev–Trinajstić information content (AvgIpc) is 2.17. The molecule has 3 N–H and O–H groups in total. The number of aromatic nitrogens is 1. The molecule has 0 spiro atoms. The van der Waals surface area contributed by atoms with Crippen LogP contribution >= 0.6 is 0 Å². The molecule has 0 saturated heterocycles. The topological polar surface area (TPSA) is 85.4 Å². The van der Waals surface area contributed by atoms with Crippen molar-refractivity contribution < 1.29 is 14.6 Å². The summed E-state index contributed by atoms with van der Waals surface area (Å²) < 4.78 is 4.92. The molecule has 0 radical (unpaired) electrons. The van der Waals surface area contributed by atoms with Gasteiger partial charge in [-0.1, -0.05) is 0 Å². The van der Waals surface area contributed by atoms with E-state index in [0.717, 1.165) is 0 Å². The number of carboxylic acids is 1. The van der Waals surface area contributed by atoms with Crippen molar-refractivity contribution >= 4 is 5.97 Å². The van der Waals surface area contributed by atoms with Crippen LogP contribution in [-0.2, 0) is 10.3 Å². The van der Waals surface area contributed by atoms with Crippen molar-refractivity contribution in [3.63, 3.8) is 0 Å². The van der Waals surface area contributed by atoms with Gasteiger partial charge in [-0.25, -0.2) is 4.79 Å². The zero-order valence-electron chi connectivity index (χ0n) is 8.02. The monoisotopic (exact) mass is 196 g/mol. The molecule has 0 aliphatic carbocycles. The predicted octanol–water partition coefficient (Wildman–Crippen LogP) is 0.349. The van der Waals surface area contributed by atoms with Gasteiger partial charge in [-0.15, -0.1) is 0 Å². The van der Waals surface area contributed by atoms with Crippen LogP contribution in [0.2, 0.25) is 0 Å². The van der Waals surface area contributed by atoms with Crippen molar-refractivity contribution in [2.45, 2.75) is 12.5 Å². The Morgan fingerprint density at radius 1 is 1.64 bits per heavy atom. The Kier molecular flexibility index (Phi) is 2.71. The van der Waals surface area contributed by atoms with Gasteiger partial charge in [0.15, 0.2) is 0 Å². The molecule has 0 aliphatic rings. The molecular weight excluding hydrogens is 184 g/mol. The molecule has 1 aromatic rings. The van der Waals surface area contributed by atoms with E-state index in [1.165, 1.54) is 26.4 Å². The summed E-state index contributed by atoms with van der Waals surface area (Å²) in [5.74, 6) is -0.618. The van der Waals surface area contributed by atoms with Gasteiger partial charge in [0.05, 0.1) is 13.3 Å². The lowest BCUT2D eigenvalue weighted by atomic mass is 9.95. The second-order valence-electron chi connectivity index (χ2n) is 3.12. The highest BCUT2D eigenvalue weighted by molar-refractivity contribution is 5.79. The van der Waals surface area contributed by atoms with E-state index in [2.05, 4.69) is 4.98 Å². The summed E-state index contributed by atoms with van der Waals surface area (Å²) in [5.41, 5.74) is 4.57. The lowest BCUT2D eigenvalue weighted by molar-refractivity contribution is -0.143. The predicted molar refractivity (Wildman–Crippen MR) is 50.0 cm³/mol. The zero-order valence-corrected chi connectivity index (χ0v) is 8.02. The van der Waals surface area contributed by atoms with Crippen LogP contribution in [0.15, 0.2) is 18.5 Å². The van der Waals surface area contributed by atoms with Crippen molar-refractivity contribution in [3.8, 4) is 5.75 Å². The Balaban J connectivity index is 3.12. The maximum atomic E-state index is 10.8. The third-order valence-electron chi connectivity index (χ3n) is 1.99. The molecule has 1 aromatic heterocycles. The number of hydrogen-bond donors (Lipinski definition) is 2. The first-order chi connectivity index (χ1) is 6.48. The molecule has 1 heterocycles. The third-order valence-corrected chi connectivity index (χ3v) is 1.99. The van der Waals surface area contributed by atoms with Gasteiger partial charge in [-0.2, -0.15) is 0 Å². The quantitative estimate of drug-likeness (QED) is 0.728. The maximum absolute atomic E-state index is 10.8. The Morgan fingerprint density at radius 2 is 2.29 bits per heavy atom. The minimum atomic E-state index is -1.44. The first kappa shape index (κ1) is 10.5. The Bertz CT molecular complexity index is 350. The van der Waals surface area contributed by atoms with E-state index in [9.17, 15) is 4.79 Å². The fraction of sp³-hybridized carbons (Fsp3) is 0.333. The number of aliphatic carboxylic acids is 1. The summed E-state index contributed by atoms with van der Waals surface area (Å²) in [4.78, 5) is 14.7. The normalized spacial score (nSPS) is 14.5. The number of hydrogen-bond acceptors (Lipinski definition) is 4. The standard InChI is InChI=1S/C9H12N2O3/c1-9(10,8(12)13)6-3-7(14-2)5-11-4-6/h3-5H,10H2,1-2H3,(H,12,13). The third kappa shape index (κ3) is 1.82. The van der Waals surface area contributed by atoms with Crippen LogP contribution < -0.4 is 10.5 Å². The average molecular weight is 196 g/mol. The zero-order chi connectivity index (χ0) is 10.8. The summed E-state index contributed by atoms with van der Waals surface area (Å²) in [5, 5.41) is 8.86. The van der Waals surface area contributed by atoms with Crippen molar-refractivity contribution in [3.05, 3.63) is 24.0 Å². The van der Waals surface area contributed by atoms with Gasteiger partial charge in [0, 0.05) is 11.8 Å². The van der Waals surface area contributed by atoms with Crippen LogP contribution in [0.1, 0.15) is 12.5 Å². The van der Waals surface area contributed by atoms with Gasteiger partial charge in [-0.05, 0) is 13.0 Å². The molecule has 0 aromatic carbocycles. The first-order valence-corrected chi connectivity index (χ1v) is 4.00. The van der Waals surface area contributed by atoms with Gasteiger partial charge in [0.2, 0.25) is 0 Å². The molecule has 0 amide bonds. The number of nitrogens with zero attached hydrogens (tertiary/aromatic N) is 1. The van der Waals surface area contributed by atoms with Crippen LogP contribution in [0, 0.1) is 0 Å². The van der Waals surface area contributed by atoms with Crippen LogP contribution in [0.3, 0.4) is 0 Å². The van der Waals surface area contributed by atoms with Crippen molar-refractivity contribution in [2.24, 2.45) is 5.73 Å². The summed E-state index contributed by atoms with van der Waals surface area (Å²) in [7, 11) is 1.48. The van der Waals surface area contributed by atoms with Crippen LogP contribution in [0.25, 0.3) is 0 Å². The van der Waals surface area contributed by atoms with E-state index in [4.69, 9.17) is 15.6 Å². The number of carboxylic acid groups (broad SMARTS) is 1. The van der Waals surface area contributed by atoms with Gasteiger partial charge in [0.1, 0.15) is 11.3 Å². The molecule has 0 fully saturated rings. The smallest absolute Gasteiger partial charge is 0.328 e. The van der Waals surface area contributed by atoms with Crippen molar-refractivity contribution in [2.75, 3.05) is 7.11 Å². The molecule has 0 bridgehead atoms. The maximum Gasteiger partial charge on any atom is 0.328 e. The highest BCUT2D eigenvalue weighted by Crippen LogP contribution is 2.20. The van der Waals surface area contributed by atoms with E-state index in [1.807, 2.05) is 0 Å². The highest BCUT2D eigenvalue weighted by atomic mass is 16.5. The van der Waals surface area contributed by atoms with Crippen molar-refractivity contribution in [1.29, 1.82) is 0 Å². The molecule has 0 saturated carbocycles. The van der Waals surface area contributed by atoms with Gasteiger partial charge < -0.3 is 15.6 Å². The molecule has 1 atom stereocenters. The minimum Gasteiger partial charge on any atom is -0.495 e. The fourth-order valence-electron chi connectivity index (χ4n) is 0.938. The lowest BCUT2D eigenvalue weighted by Gasteiger charge is -2.19. The second kappa shape index (κ2) is 3.63. The number of pyridine rings is 1. The summed E-state index contributed by atoms with van der Waals surface area (Å²) in [6.07, 6.45) is 2.90. The Morgan fingerprint density at radius 3 is 2.79 bits per heavy atom. The number of rotatable bonds is 3. The van der Waals surface area contributed by atoms with Gasteiger partial charge in [0.25, 0.3) is 0 Å². The highest BCUT2D eigenvalue weighted by Gasteiger charge is 2.30. The van der Waals surface area contributed by atoms with Crippen molar-refractivity contribution in [1.82, 2.24) is 4.98 Å². The fourth-order valence-corrected chi connectivity index (χ4v) is 0.938. The molecule has 1 rings (SSSR count). The lowest BCUT2D eigenvalue weighted by Crippen LogP contribution is -2.41. The Labute approximate surface area is 81.5 Å². The molecule has 5 heteroatoms. The van der Waals surface area contributed by atoms with Crippen LogP contribution in [0.5, 0.6) is 5.75 Å². The van der Waals surface area contributed by atoms with Gasteiger partial charge >= 0.3 is 5.97 Å². The van der Waals surface area contributed by atoms with Gasteiger partial charge in [-0.3, -0.25) is 4.98 Å². The molecule has 14 heavy (non-hydrogen) atoms. The number of ether oxygens (including phenoxy) is 1. The van der Waals surface area contributed by atoms with E-state index in [0.29, 0.717) is 11.3 Å². The van der Waals surface area contributed by atoms with E-state index in [1.54, 1.807) is 6.07 Å². The largest absolute Gasteiger partial charge is 0.495 e. The molecule has 76 valence electrons. The number of carbonyl (C=O) groups is 1. The SMILES string of the molecule is COc1cncc(C(C)(N)C(=O)O)c1. The van der Waals surface area contributed by atoms with Crippen LogP contribution in [-0.4, -0.2) is 23.2 Å². The molecule has 0 aliphatic heterocycles. The van der Waals surface area contributed by atoms with E-state index < -0.39 is 11.5 Å². The number of methoxy groups -OCH3 is 1. The molecular formula is C9H12N2O3. The summed E-state index contributed by atoms with van der Waals surface area (Å²) >= 11 is 0. The van der Waals surface area contributed by atoms with E-state index in [-0.39, 0.29) is 0 Å².